The summed E-state index contributed by atoms with van der Waals surface area (Å²) >= 11 is 0. The van der Waals surface area contributed by atoms with Crippen molar-refractivity contribution in [2.75, 3.05) is 86.3 Å². The Morgan fingerprint density at radius 3 is 2.55 bits per heavy atom. The van der Waals surface area contributed by atoms with Gasteiger partial charge in [0.05, 0.1) is 26.4 Å². The molecule has 1 N–H and O–H groups in total. The fourth-order valence-electron chi connectivity index (χ4n) is 4.24. The van der Waals surface area contributed by atoms with Gasteiger partial charge in [0.25, 0.3) is 0 Å². The van der Waals surface area contributed by atoms with Crippen LogP contribution in [0.3, 0.4) is 0 Å². The van der Waals surface area contributed by atoms with E-state index < -0.39 is 5.79 Å². The summed E-state index contributed by atoms with van der Waals surface area (Å²) in [4.78, 5) is 23.1. The van der Waals surface area contributed by atoms with Gasteiger partial charge in [0.1, 0.15) is 6.54 Å². The maximum atomic E-state index is 12.1. The quantitative estimate of drug-likeness (QED) is 0.217. The lowest BCUT2D eigenvalue weighted by Crippen LogP contribution is -2.52. The average Bonchev–Trinajstić information content (AvgIpc) is 3.21. The highest BCUT2D eigenvalue weighted by Crippen LogP contribution is 2.34. The Morgan fingerprint density at radius 1 is 1.16 bits per heavy atom. The van der Waals surface area contributed by atoms with E-state index in [1.165, 1.54) is 0 Å². The molecule has 3 rings (SSSR count). The highest BCUT2D eigenvalue weighted by atomic mass is 127. The second kappa shape index (κ2) is 13.1. The van der Waals surface area contributed by atoms with E-state index in [2.05, 4.69) is 27.0 Å². The minimum atomic E-state index is -0.514. The predicted molar refractivity (Wildman–Crippen MR) is 131 cm³/mol. The molecule has 1 atom stereocenters. The fraction of sp³-hybridized carbons (Fsp3) is 0.905. The third-order valence-corrected chi connectivity index (χ3v) is 6.22. The summed E-state index contributed by atoms with van der Waals surface area (Å²) in [5.41, 5.74) is 0. The minimum absolute atomic E-state index is 0. The van der Waals surface area contributed by atoms with E-state index in [9.17, 15) is 4.79 Å². The number of amides is 1. The van der Waals surface area contributed by atoms with Crippen molar-refractivity contribution in [3.63, 3.8) is 0 Å². The van der Waals surface area contributed by atoms with E-state index in [-0.39, 0.29) is 36.4 Å². The van der Waals surface area contributed by atoms with Crippen LogP contribution in [0.1, 0.15) is 26.2 Å². The molecular weight excluding hydrogens is 513 g/mol. The molecule has 0 aromatic rings. The number of rotatable bonds is 7. The molecule has 3 aliphatic heterocycles. The van der Waals surface area contributed by atoms with Crippen molar-refractivity contribution in [2.24, 2.45) is 10.9 Å². The van der Waals surface area contributed by atoms with Gasteiger partial charge < -0.3 is 29.3 Å². The third-order valence-electron chi connectivity index (χ3n) is 6.22. The van der Waals surface area contributed by atoms with Crippen LogP contribution < -0.4 is 5.32 Å². The van der Waals surface area contributed by atoms with Gasteiger partial charge >= 0.3 is 0 Å². The molecule has 9 nitrogen and oxygen atoms in total. The van der Waals surface area contributed by atoms with E-state index in [1.807, 2.05) is 0 Å². The number of likely N-dealkylation sites (tertiary alicyclic amines) is 1. The molecule has 180 valence electrons. The van der Waals surface area contributed by atoms with Crippen LogP contribution in [0.25, 0.3) is 0 Å². The van der Waals surface area contributed by atoms with E-state index in [0.29, 0.717) is 19.1 Å². The third kappa shape index (κ3) is 7.99. The number of guanidine groups is 1. The van der Waals surface area contributed by atoms with Gasteiger partial charge in [-0.3, -0.25) is 9.69 Å². The highest BCUT2D eigenvalue weighted by Gasteiger charge is 2.42. The zero-order valence-electron chi connectivity index (χ0n) is 19.3. The molecule has 1 amide bonds. The Bertz CT molecular complexity index is 580. The van der Waals surface area contributed by atoms with Crippen LogP contribution in [-0.2, 0) is 19.0 Å². The van der Waals surface area contributed by atoms with E-state index in [0.717, 1.165) is 77.7 Å². The molecule has 0 aromatic carbocycles. The van der Waals surface area contributed by atoms with Crippen LogP contribution in [0.2, 0.25) is 0 Å². The van der Waals surface area contributed by atoms with Gasteiger partial charge in [-0.1, -0.05) is 0 Å². The number of aliphatic imine (C=N–C) groups is 1. The number of piperidine rings is 1. The Balaban J connectivity index is 0.00000341. The van der Waals surface area contributed by atoms with Gasteiger partial charge in [-0.2, -0.15) is 0 Å². The number of ether oxygens (including phenoxy) is 3. The maximum Gasteiger partial charge on any atom is 0.243 e. The first-order valence-electron chi connectivity index (χ1n) is 11.3. The summed E-state index contributed by atoms with van der Waals surface area (Å²) in [6.07, 6.45) is 3.17. The topological polar surface area (TPSA) is 78.9 Å². The second-order valence-electron chi connectivity index (χ2n) is 8.66. The summed E-state index contributed by atoms with van der Waals surface area (Å²) in [5.74, 6) is 0.599. The molecule has 31 heavy (non-hydrogen) atoms. The first-order chi connectivity index (χ1) is 14.5. The first-order valence-corrected chi connectivity index (χ1v) is 11.3. The van der Waals surface area contributed by atoms with Crippen molar-refractivity contribution in [3.05, 3.63) is 0 Å². The summed E-state index contributed by atoms with van der Waals surface area (Å²) in [6, 6.07) is 0. The molecule has 3 heterocycles. The van der Waals surface area contributed by atoms with Crippen LogP contribution in [0.5, 0.6) is 0 Å². The van der Waals surface area contributed by atoms with Gasteiger partial charge in [0.15, 0.2) is 11.7 Å². The maximum absolute atomic E-state index is 12.1. The van der Waals surface area contributed by atoms with Gasteiger partial charge in [0, 0.05) is 52.7 Å². The zero-order valence-corrected chi connectivity index (χ0v) is 21.6. The molecule has 0 aliphatic carbocycles. The highest BCUT2D eigenvalue weighted by molar-refractivity contribution is 14.0. The number of carbonyl (C=O) groups is 1. The van der Waals surface area contributed by atoms with Crippen molar-refractivity contribution in [3.8, 4) is 0 Å². The lowest BCUT2D eigenvalue weighted by Gasteiger charge is -2.41. The normalized spacial score (nSPS) is 24.5. The summed E-state index contributed by atoms with van der Waals surface area (Å²) in [6.45, 7) is 10.8. The Hall–Kier alpha value is -0.690. The number of hydrogen-bond donors (Lipinski definition) is 1. The standard InChI is InChI=1S/C21H39N5O4.HI/c1-21(29-14-15-30-21)18-6-4-9-26(17-18)20(23-16-19(27)24(2)3)22-7-5-8-25-10-12-28-13-11-25;/h18H,4-17H2,1-3H3,(H,22,23);1H. The van der Waals surface area contributed by atoms with Gasteiger partial charge in [-0.05, 0) is 32.7 Å². The number of carbonyl (C=O) groups excluding carboxylic acids is 1. The molecular formula is C21H40IN5O4. The Labute approximate surface area is 203 Å². The molecule has 3 saturated heterocycles. The summed E-state index contributed by atoms with van der Waals surface area (Å²) < 4.78 is 17.3. The number of halogens is 1. The SMILES string of the molecule is CN(C)C(=O)CN=C(NCCCN1CCOCC1)N1CCCC(C2(C)OCCO2)C1.I. The number of likely N-dealkylation sites (N-methyl/N-ethyl adjacent to an activating group) is 1. The molecule has 10 heteroatoms. The molecule has 3 aliphatic rings. The number of nitrogens with zero attached hydrogens (tertiary/aromatic N) is 4. The van der Waals surface area contributed by atoms with E-state index in [4.69, 9.17) is 14.2 Å². The molecule has 0 aromatic heterocycles. The molecule has 3 fully saturated rings. The fourth-order valence-corrected chi connectivity index (χ4v) is 4.24. The largest absolute Gasteiger partial charge is 0.379 e. The van der Waals surface area contributed by atoms with Crippen LogP contribution >= 0.6 is 24.0 Å². The van der Waals surface area contributed by atoms with Crippen molar-refractivity contribution < 1.29 is 19.0 Å². The first kappa shape index (κ1) is 26.6. The predicted octanol–water partition coefficient (Wildman–Crippen LogP) is 0.836. The van der Waals surface area contributed by atoms with Crippen LogP contribution in [0.4, 0.5) is 0 Å². The average molecular weight is 553 g/mol. The van der Waals surface area contributed by atoms with Crippen molar-refractivity contribution in [2.45, 2.75) is 32.0 Å². The lowest BCUT2D eigenvalue weighted by molar-refractivity contribution is -0.189. The van der Waals surface area contributed by atoms with E-state index >= 15 is 0 Å². The van der Waals surface area contributed by atoms with Crippen LogP contribution in [-0.4, -0.2) is 119 Å². The van der Waals surface area contributed by atoms with Crippen LogP contribution in [0.15, 0.2) is 4.99 Å². The Morgan fingerprint density at radius 2 is 1.87 bits per heavy atom. The molecule has 0 radical (unpaired) electrons. The van der Waals surface area contributed by atoms with E-state index in [1.54, 1.807) is 19.0 Å². The van der Waals surface area contributed by atoms with Crippen molar-refractivity contribution >= 4 is 35.8 Å². The van der Waals surface area contributed by atoms with Crippen molar-refractivity contribution in [1.82, 2.24) is 20.0 Å². The van der Waals surface area contributed by atoms with Gasteiger partial charge in [-0.15, -0.1) is 24.0 Å². The zero-order chi connectivity index (χ0) is 21.4. The Kier molecular flexibility index (Phi) is 11.2. The number of hydrogen-bond acceptors (Lipinski definition) is 6. The molecule has 1 unspecified atom stereocenters. The molecule has 0 spiro atoms. The van der Waals surface area contributed by atoms with Gasteiger partial charge in [0.2, 0.25) is 5.91 Å². The smallest absolute Gasteiger partial charge is 0.243 e. The van der Waals surface area contributed by atoms with Crippen LogP contribution in [0, 0.1) is 5.92 Å². The summed E-state index contributed by atoms with van der Waals surface area (Å²) in [7, 11) is 3.53. The monoisotopic (exact) mass is 553 g/mol. The molecule has 0 bridgehead atoms. The lowest BCUT2D eigenvalue weighted by atomic mass is 9.90. The minimum Gasteiger partial charge on any atom is -0.379 e. The van der Waals surface area contributed by atoms with Crippen molar-refractivity contribution in [1.29, 1.82) is 0 Å². The number of morpholine rings is 1. The second-order valence-corrected chi connectivity index (χ2v) is 8.66. The number of nitrogens with one attached hydrogen (secondary N) is 1. The summed E-state index contributed by atoms with van der Waals surface area (Å²) in [5, 5.41) is 3.51. The van der Waals surface area contributed by atoms with Gasteiger partial charge in [-0.25, -0.2) is 4.99 Å². The molecule has 0 saturated carbocycles.